The maximum absolute atomic E-state index is 2.33. The van der Waals surface area contributed by atoms with E-state index >= 15 is 0 Å². The molecule has 0 N–H and O–H groups in total. The van der Waals surface area contributed by atoms with Crippen LogP contribution in [0.5, 0.6) is 0 Å². The minimum absolute atomic E-state index is 0. The van der Waals surface area contributed by atoms with Gasteiger partial charge in [0.05, 0.1) is 0 Å². The molecule has 0 fully saturated rings. The van der Waals surface area contributed by atoms with E-state index in [0.717, 1.165) is 13.1 Å². The number of hydrogen-bond acceptors (Lipinski definition) is 0. The number of benzene rings is 3. The summed E-state index contributed by atoms with van der Waals surface area (Å²) < 4.78 is 4.65. The van der Waals surface area contributed by atoms with E-state index in [1.165, 1.54) is 22.2 Å². The Morgan fingerprint density at radius 1 is 0.667 bits per heavy atom. The normalized spacial score (nSPS) is 10.5. The zero-order valence-electron chi connectivity index (χ0n) is 13.3. The minimum Gasteiger partial charge on any atom is -1.00 e. The summed E-state index contributed by atoms with van der Waals surface area (Å²) in [6.07, 6.45) is 2.23. The van der Waals surface area contributed by atoms with Crippen LogP contribution in [0.4, 0.5) is 0 Å². The summed E-state index contributed by atoms with van der Waals surface area (Å²) in [6, 6.07) is 29.8. The van der Waals surface area contributed by atoms with Gasteiger partial charge in [-0.25, -0.2) is 9.13 Å². The molecule has 1 aromatic heterocycles. The Kier molecular flexibility index (Phi) is 5.11. The lowest BCUT2D eigenvalue weighted by atomic mass is 10.2. The average molecular weight is 379 g/mol. The first-order valence-corrected chi connectivity index (χ1v) is 7.95. The van der Waals surface area contributed by atoms with Crippen LogP contribution in [0.3, 0.4) is 0 Å². The summed E-state index contributed by atoms with van der Waals surface area (Å²) >= 11 is 0. The van der Waals surface area contributed by atoms with E-state index in [2.05, 4.69) is 100 Å². The molecule has 4 rings (SSSR count). The second-order valence-corrected chi connectivity index (χ2v) is 5.83. The smallest absolute Gasteiger partial charge is 0.245 e. The number of halogens is 1. The van der Waals surface area contributed by atoms with Crippen LogP contribution in [0.25, 0.3) is 11.0 Å². The lowest BCUT2D eigenvalue weighted by Gasteiger charge is -1.98. The highest BCUT2D eigenvalue weighted by molar-refractivity contribution is 5.71. The van der Waals surface area contributed by atoms with Gasteiger partial charge in [0.15, 0.2) is 11.0 Å². The number of fused-ring (bicyclic) bond motifs is 1. The molecule has 4 aromatic rings. The Morgan fingerprint density at radius 3 is 1.96 bits per heavy atom. The molecule has 0 aliphatic rings. The molecular weight excluding hydrogens is 360 g/mol. The number of hydrogen-bond donors (Lipinski definition) is 0. The van der Waals surface area contributed by atoms with Gasteiger partial charge in [-0.05, 0) is 23.3 Å². The Bertz CT molecular complexity index is 839. The fourth-order valence-electron chi connectivity index (χ4n) is 3.05. The predicted molar refractivity (Wildman–Crippen MR) is 93.2 cm³/mol. The highest BCUT2D eigenvalue weighted by atomic mass is 79.9. The molecule has 0 saturated heterocycles. The Morgan fingerprint density at radius 2 is 1.25 bits per heavy atom. The highest BCUT2D eigenvalue weighted by Crippen LogP contribution is 2.14. The van der Waals surface area contributed by atoms with Gasteiger partial charge in [-0.3, -0.25) is 0 Å². The maximum atomic E-state index is 2.33. The highest BCUT2D eigenvalue weighted by Gasteiger charge is 2.15. The number of rotatable bonds is 4. The van der Waals surface area contributed by atoms with Crippen LogP contribution in [0, 0.1) is 0 Å². The third kappa shape index (κ3) is 3.41. The first kappa shape index (κ1) is 16.5. The quantitative estimate of drug-likeness (QED) is 0.469. The molecule has 0 bridgehead atoms. The van der Waals surface area contributed by atoms with E-state index in [9.17, 15) is 0 Å². The zero-order valence-corrected chi connectivity index (χ0v) is 14.9. The van der Waals surface area contributed by atoms with Crippen molar-refractivity contribution in [2.24, 2.45) is 0 Å². The van der Waals surface area contributed by atoms with Crippen LogP contribution < -0.4 is 21.5 Å². The van der Waals surface area contributed by atoms with Gasteiger partial charge in [-0.2, -0.15) is 0 Å². The summed E-state index contributed by atoms with van der Waals surface area (Å²) in [7, 11) is 0. The number of aromatic nitrogens is 2. The molecule has 1 heterocycles. The lowest BCUT2D eigenvalue weighted by Crippen LogP contribution is -3.00. The van der Waals surface area contributed by atoms with E-state index < -0.39 is 0 Å². The van der Waals surface area contributed by atoms with Crippen molar-refractivity contribution in [1.29, 1.82) is 0 Å². The molecule has 24 heavy (non-hydrogen) atoms. The van der Waals surface area contributed by atoms with Gasteiger partial charge >= 0.3 is 0 Å². The molecule has 0 atom stereocenters. The summed E-state index contributed by atoms with van der Waals surface area (Å²) in [5, 5.41) is 0. The van der Waals surface area contributed by atoms with Gasteiger partial charge in [0.1, 0.15) is 13.1 Å². The lowest BCUT2D eigenvalue weighted by molar-refractivity contribution is -0.663. The van der Waals surface area contributed by atoms with Crippen molar-refractivity contribution >= 4 is 11.0 Å². The molecule has 0 amide bonds. The summed E-state index contributed by atoms with van der Waals surface area (Å²) in [5.74, 6) is 0. The average Bonchev–Trinajstić information content (AvgIpc) is 2.95. The van der Waals surface area contributed by atoms with Crippen molar-refractivity contribution in [2.45, 2.75) is 13.1 Å². The van der Waals surface area contributed by atoms with E-state index in [4.69, 9.17) is 0 Å². The Balaban J connectivity index is 0.00000169. The summed E-state index contributed by atoms with van der Waals surface area (Å²) in [4.78, 5) is 0. The molecule has 0 radical (unpaired) electrons. The largest absolute Gasteiger partial charge is 1.00 e. The van der Waals surface area contributed by atoms with Gasteiger partial charge in [0.25, 0.3) is 0 Å². The van der Waals surface area contributed by atoms with Crippen LogP contribution in [-0.4, -0.2) is 4.57 Å². The molecule has 0 spiro atoms. The molecule has 0 aliphatic carbocycles. The van der Waals surface area contributed by atoms with Crippen LogP contribution in [0.1, 0.15) is 11.1 Å². The maximum Gasteiger partial charge on any atom is 0.245 e. The van der Waals surface area contributed by atoms with E-state index in [1.54, 1.807) is 0 Å². The SMILES string of the molecule is [Br-].c1ccc(Cn2c[n+](Cc3ccccc3)c3ccccc32)cc1. The molecular formula is C21H19BrN2. The fourth-order valence-corrected chi connectivity index (χ4v) is 3.05. The molecule has 0 unspecified atom stereocenters. The van der Waals surface area contributed by atoms with Gasteiger partial charge < -0.3 is 17.0 Å². The molecule has 0 aliphatic heterocycles. The van der Waals surface area contributed by atoms with Crippen LogP contribution >= 0.6 is 0 Å². The molecule has 3 aromatic carbocycles. The monoisotopic (exact) mass is 378 g/mol. The van der Waals surface area contributed by atoms with E-state index in [-0.39, 0.29) is 17.0 Å². The second-order valence-electron chi connectivity index (χ2n) is 5.83. The molecule has 3 heteroatoms. The van der Waals surface area contributed by atoms with Crippen molar-refractivity contribution in [3.8, 4) is 0 Å². The van der Waals surface area contributed by atoms with Crippen molar-refractivity contribution < 1.29 is 21.5 Å². The van der Waals surface area contributed by atoms with Gasteiger partial charge in [-0.15, -0.1) is 0 Å². The van der Waals surface area contributed by atoms with Crippen molar-refractivity contribution in [3.63, 3.8) is 0 Å². The summed E-state index contributed by atoms with van der Waals surface area (Å²) in [6.45, 7) is 1.78. The standard InChI is InChI=1S/C21H19N2.BrH/c1-3-9-18(10-4-1)15-22-17-23(16-19-11-5-2-6-12-19)21-14-8-7-13-20(21)22;/h1-14,17H,15-16H2;1H/q+1;/p-1. The van der Waals surface area contributed by atoms with Gasteiger partial charge in [0, 0.05) is 0 Å². The molecule has 120 valence electrons. The van der Waals surface area contributed by atoms with E-state index in [1.807, 2.05) is 0 Å². The van der Waals surface area contributed by atoms with Crippen LogP contribution in [-0.2, 0) is 13.1 Å². The minimum atomic E-state index is 0. The first-order chi connectivity index (χ1) is 11.4. The van der Waals surface area contributed by atoms with Crippen molar-refractivity contribution in [1.82, 2.24) is 4.57 Å². The van der Waals surface area contributed by atoms with Gasteiger partial charge in [0.2, 0.25) is 6.33 Å². The molecule has 0 saturated carbocycles. The van der Waals surface area contributed by atoms with E-state index in [0.29, 0.717) is 0 Å². The topological polar surface area (TPSA) is 8.81 Å². The number of nitrogens with zero attached hydrogens (tertiary/aromatic N) is 2. The van der Waals surface area contributed by atoms with Gasteiger partial charge in [-0.1, -0.05) is 72.8 Å². The Labute approximate surface area is 152 Å². The summed E-state index contributed by atoms with van der Waals surface area (Å²) in [5.41, 5.74) is 5.18. The van der Waals surface area contributed by atoms with Crippen molar-refractivity contribution in [3.05, 3.63) is 102 Å². The Hall–Kier alpha value is -2.39. The predicted octanol–water partition coefficient (Wildman–Crippen LogP) is 1.03. The zero-order chi connectivity index (χ0) is 15.5. The first-order valence-electron chi connectivity index (χ1n) is 7.95. The third-order valence-corrected chi connectivity index (χ3v) is 4.17. The second kappa shape index (κ2) is 7.45. The molecule has 2 nitrogen and oxygen atoms in total. The number of imidazole rings is 1. The van der Waals surface area contributed by atoms with Crippen LogP contribution in [0.2, 0.25) is 0 Å². The van der Waals surface area contributed by atoms with Crippen LogP contribution in [0.15, 0.2) is 91.3 Å². The third-order valence-electron chi connectivity index (χ3n) is 4.17. The fraction of sp³-hybridized carbons (Fsp3) is 0.0952. The van der Waals surface area contributed by atoms with Crippen molar-refractivity contribution in [2.75, 3.05) is 0 Å². The number of para-hydroxylation sites is 2.